The lowest BCUT2D eigenvalue weighted by Crippen LogP contribution is -2.56. The van der Waals surface area contributed by atoms with Crippen molar-refractivity contribution in [3.8, 4) is 0 Å². The van der Waals surface area contributed by atoms with Gasteiger partial charge < -0.3 is 14.9 Å². The Bertz CT molecular complexity index is 541. The molecule has 0 saturated heterocycles. The summed E-state index contributed by atoms with van der Waals surface area (Å²) in [5.41, 5.74) is 0.654. The molecule has 4 rings (SSSR count). The van der Waals surface area contributed by atoms with Crippen LogP contribution in [0.4, 0.5) is 0 Å². The molecule has 122 valence electrons. The molecule has 3 fully saturated rings. The van der Waals surface area contributed by atoms with E-state index in [-0.39, 0.29) is 22.9 Å². The Morgan fingerprint density at radius 3 is 2.73 bits per heavy atom. The van der Waals surface area contributed by atoms with E-state index in [1.165, 1.54) is 6.08 Å². The Hall–Kier alpha value is -0.870. The molecule has 2 N–H and O–H groups in total. The summed E-state index contributed by atoms with van der Waals surface area (Å²) < 4.78 is 5.33. The van der Waals surface area contributed by atoms with Gasteiger partial charge in [-0.1, -0.05) is 13.8 Å². The Labute approximate surface area is 131 Å². The molecule has 0 unspecified atom stereocenters. The number of carbonyl (C=O) groups excluding carboxylic acids is 1. The molecule has 0 aromatic heterocycles. The molecular formula is C18H26O4. The molecule has 0 amide bonds. The summed E-state index contributed by atoms with van der Waals surface area (Å²) in [4.78, 5) is 11.6. The molecule has 3 aliphatic carbocycles. The van der Waals surface area contributed by atoms with Gasteiger partial charge in [-0.3, -0.25) is 0 Å². The second-order valence-corrected chi connectivity index (χ2v) is 8.39. The van der Waals surface area contributed by atoms with Gasteiger partial charge in [0.15, 0.2) is 0 Å². The number of aliphatic hydroxyl groups excluding tert-OH is 2. The van der Waals surface area contributed by atoms with Crippen LogP contribution in [0.25, 0.3) is 0 Å². The third kappa shape index (κ3) is 1.74. The number of fused-ring (bicyclic) bond motifs is 5. The van der Waals surface area contributed by atoms with Gasteiger partial charge in [0, 0.05) is 11.5 Å². The zero-order valence-electron chi connectivity index (χ0n) is 13.4. The van der Waals surface area contributed by atoms with Crippen LogP contribution in [0, 0.1) is 28.6 Å². The van der Waals surface area contributed by atoms with Crippen molar-refractivity contribution in [1.29, 1.82) is 0 Å². The summed E-state index contributed by atoms with van der Waals surface area (Å²) in [6.45, 7) is 4.77. The lowest BCUT2D eigenvalue weighted by molar-refractivity contribution is -0.152. The second kappa shape index (κ2) is 4.57. The number of hydrogen-bond donors (Lipinski definition) is 2. The Kier molecular flexibility index (Phi) is 3.06. The van der Waals surface area contributed by atoms with Crippen LogP contribution in [0.3, 0.4) is 0 Å². The molecular weight excluding hydrogens is 280 g/mol. The monoisotopic (exact) mass is 306 g/mol. The van der Waals surface area contributed by atoms with E-state index >= 15 is 0 Å². The molecule has 0 aromatic rings. The molecule has 3 saturated carbocycles. The van der Waals surface area contributed by atoms with Crippen LogP contribution in [0.5, 0.6) is 0 Å². The summed E-state index contributed by atoms with van der Waals surface area (Å²) in [6.07, 6.45) is 5.53. The first-order valence-corrected chi connectivity index (χ1v) is 8.61. The third-order valence-electron chi connectivity index (χ3n) is 7.51. The molecule has 0 spiro atoms. The Morgan fingerprint density at radius 1 is 1.18 bits per heavy atom. The van der Waals surface area contributed by atoms with Crippen LogP contribution in [0.1, 0.15) is 46.0 Å². The molecule has 4 heteroatoms. The largest absolute Gasteiger partial charge is 0.462 e. The van der Waals surface area contributed by atoms with Crippen molar-refractivity contribution >= 4 is 5.97 Å². The van der Waals surface area contributed by atoms with E-state index in [0.29, 0.717) is 24.4 Å². The molecule has 22 heavy (non-hydrogen) atoms. The third-order valence-corrected chi connectivity index (χ3v) is 7.51. The van der Waals surface area contributed by atoms with Crippen LogP contribution in [-0.4, -0.2) is 35.0 Å². The first kappa shape index (κ1) is 14.7. The molecule has 0 aromatic carbocycles. The first-order chi connectivity index (χ1) is 10.4. The molecule has 7 atom stereocenters. The smallest absolute Gasteiger partial charge is 0.330 e. The molecule has 4 nitrogen and oxygen atoms in total. The lowest BCUT2D eigenvalue weighted by atomic mass is 9.48. The van der Waals surface area contributed by atoms with Crippen LogP contribution in [-0.2, 0) is 9.53 Å². The zero-order valence-corrected chi connectivity index (χ0v) is 13.4. The molecule has 0 bridgehead atoms. The van der Waals surface area contributed by atoms with E-state index in [1.54, 1.807) is 0 Å². The van der Waals surface area contributed by atoms with E-state index in [9.17, 15) is 15.0 Å². The predicted molar refractivity (Wildman–Crippen MR) is 80.8 cm³/mol. The Morgan fingerprint density at radius 2 is 1.95 bits per heavy atom. The maximum Gasteiger partial charge on any atom is 0.330 e. The number of cyclic esters (lactones) is 1. The normalized spacial score (nSPS) is 53.9. The minimum Gasteiger partial charge on any atom is -0.462 e. The SMILES string of the molecule is C[C@]12CC[C@H]3[C@@H](C[C@@H](O)C4=CC(=O)OC[C@@]43C)[C@@H]1CC[C@@H]2O. The van der Waals surface area contributed by atoms with Crippen LogP contribution < -0.4 is 0 Å². The second-order valence-electron chi connectivity index (χ2n) is 8.39. The van der Waals surface area contributed by atoms with Gasteiger partial charge >= 0.3 is 5.97 Å². The average molecular weight is 306 g/mol. The van der Waals surface area contributed by atoms with Crippen molar-refractivity contribution in [2.45, 2.75) is 58.2 Å². The van der Waals surface area contributed by atoms with Gasteiger partial charge in [0.25, 0.3) is 0 Å². The number of hydrogen-bond acceptors (Lipinski definition) is 4. The standard InChI is InChI=1S/C18H26O4/c1-17-6-5-12-10(11(17)3-4-15(17)20)7-14(19)13-8-16(21)22-9-18(12,13)2/h8,10-12,14-15,19-20H,3-7,9H2,1-2H3/t10-,11-,12-,14+,15-,17-,18+/m0/s1. The van der Waals surface area contributed by atoms with Crippen molar-refractivity contribution in [3.63, 3.8) is 0 Å². The minimum atomic E-state index is -0.542. The average Bonchev–Trinajstić information content (AvgIpc) is 2.77. The fourth-order valence-corrected chi connectivity index (χ4v) is 6.20. The summed E-state index contributed by atoms with van der Waals surface area (Å²) in [5, 5.41) is 21.1. The highest BCUT2D eigenvalue weighted by molar-refractivity contribution is 5.84. The number of ether oxygens (including phenoxy) is 1. The van der Waals surface area contributed by atoms with Crippen molar-refractivity contribution in [3.05, 3.63) is 11.6 Å². The quantitative estimate of drug-likeness (QED) is 0.672. The highest BCUT2D eigenvalue weighted by atomic mass is 16.5. The molecule has 1 aliphatic heterocycles. The zero-order chi connectivity index (χ0) is 15.7. The van der Waals surface area contributed by atoms with E-state index in [0.717, 1.165) is 37.7 Å². The summed E-state index contributed by atoms with van der Waals surface area (Å²) in [5.74, 6) is 1.03. The number of rotatable bonds is 0. The van der Waals surface area contributed by atoms with Crippen molar-refractivity contribution in [1.82, 2.24) is 0 Å². The van der Waals surface area contributed by atoms with Gasteiger partial charge in [0.05, 0.1) is 12.2 Å². The lowest BCUT2D eigenvalue weighted by Gasteiger charge is -2.58. The van der Waals surface area contributed by atoms with Crippen molar-refractivity contribution in [2.24, 2.45) is 28.6 Å². The van der Waals surface area contributed by atoms with Gasteiger partial charge in [-0.2, -0.15) is 0 Å². The highest BCUT2D eigenvalue weighted by Crippen LogP contribution is 2.64. The fourth-order valence-electron chi connectivity index (χ4n) is 6.20. The van der Waals surface area contributed by atoms with E-state index in [4.69, 9.17) is 4.74 Å². The van der Waals surface area contributed by atoms with E-state index in [2.05, 4.69) is 13.8 Å². The topological polar surface area (TPSA) is 66.8 Å². The summed E-state index contributed by atoms with van der Waals surface area (Å²) in [6, 6.07) is 0. The Balaban J connectivity index is 1.73. The molecule has 1 heterocycles. The van der Waals surface area contributed by atoms with Gasteiger partial charge in [-0.25, -0.2) is 4.79 Å². The van der Waals surface area contributed by atoms with Crippen LogP contribution in [0.2, 0.25) is 0 Å². The predicted octanol–water partition coefficient (Wildman–Crippen LogP) is 2.04. The van der Waals surface area contributed by atoms with Gasteiger partial charge in [-0.15, -0.1) is 0 Å². The van der Waals surface area contributed by atoms with Gasteiger partial charge in [-0.05, 0) is 60.8 Å². The maximum absolute atomic E-state index is 11.6. The van der Waals surface area contributed by atoms with Gasteiger partial charge in [0.1, 0.15) is 6.61 Å². The first-order valence-electron chi connectivity index (χ1n) is 8.61. The number of carbonyl (C=O) groups is 1. The fraction of sp³-hybridized carbons (Fsp3) is 0.833. The van der Waals surface area contributed by atoms with Crippen LogP contribution >= 0.6 is 0 Å². The van der Waals surface area contributed by atoms with Crippen molar-refractivity contribution in [2.75, 3.05) is 6.61 Å². The highest BCUT2D eigenvalue weighted by Gasteiger charge is 2.60. The number of aliphatic hydroxyl groups is 2. The number of esters is 1. The summed E-state index contributed by atoms with van der Waals surface area (Å²) >= 11 is 0. The minimum absolute atomic E-state index is 0.00378. The van der Waals surface area contributed by atoms with Crippen LogP contribution in [0.15, 0.2) is 11.6 Å². The molecule has 0 radical (unpaired) electrons. The maximum atomic E-state index is 11.6. The summed E-state index contributed by atoms with van der Waals surface area (Å²) in [7, 11) is 0. The van der Waals surface area contributed by atoms with E-state index < -0.39 is 6.10 Å². The van der Waals surface area contributed by atoms with Crippen molar-refractivity contribution < 1.29 is 19.7 Å². The van der Waals surface area contributed by atoms with Gasteiger partial charge in [0.2, 0.25) is 0 Å². The van der Waals surface area contributed by atoms with E-state index in [1.807, 2.05) is 0 Å². The molecule has 4 aliphatic rings.